The van der Waals surface area contributed by atoms with E-state index in [-0.39, 0.29) is 89.9 Å². The quantitative estimate of drug-likeness (QED) is 0.0391. The van der Waals surface area contributed by atoms with Crippen molar-refractivity contribution in [2.45, 2.75) is 219 Å². The van der Waals surface area contributed by atoms with Gasteiger partial charge in [0, 0.05) is 42.2 Å². The maximum atomic E-state index is 11.7. The Bertz CT molecular complexity index is 1350. The smallest absolute Gasteiger partial charge is 1.00 e. The Labute approximate surface area is 421 Å². The van der Waals surface area contributed by atoms with Crippen LogP contribution in [0.2, 0.25) is 0 Å². The van der Waals surface area contributed by atoms with Crippen molar-refractivity contribution in [3.05, 3.63) is 31.7 Å². The molecular formula is C47H89Cl3MgO13. The number of hydrogen-bond acceptors (Lipinski definition) is 13. The number of rotatable bonds is 13. The fourth-order valence-corrected chi connectivity index (χ4v) is 3.72. The number of carbonyl (C=O) groups excluding carboxylic acids is 6. The number of carbonyl (C=O) groups is 6. The number of aliphatic hydroxyl groups excluding tert-OH is 2. The predicted molar refractivity (Wildman–Crippen MR) is 258 cm³/mol. The van der Waals surface area contributed by atoms with Gasteiger partial charge in [-0.3, -0.25) is 24.0 Å². The van der Waals surface area contributed by atoms with Crippen molar-refractivity contribution in [3.63, 3.8) is 0 Å². The molecule has 0 fully saturated rings. The van der Waals surface area contributed by atoms with Crippen LogP contribution in [-0.2, 0) is 43.0 Å². The Morgan fingerprint density at radius 3 is 0.984 bits per heavy atom. The number of halogens is 3. The van der Waals surface area contributed by atoms with E-state index in [1.165, 1.54) is 6.92 Å². The molecule has 0 aliphatic heterocycles. The molecule has 4 N–H and O–H groups in total. The van der Waals surface area contributed by atoms with Gasteiger partial charge >= 0.3 is 41.0 Å². The number of Topliss-reactive ketones (excluding diaryl/α,β-unsaturated/α-hetero) is 1. The maximum Gasteiger partial charge on any atom is 2.00 e. The Morgan fingerprint density at radius 2 is 0.844 bits per heavy atom. The SMILES string of the molecule is C=C(C)C(=O)Cl.C=C(C)C(=O)OC(C)(C)CC(C)OC(=O)C(C)(C)C.CC(=O)CC(C)O.CC(C)(C)C(=O)Cl.CC(CC(C)(C)O)OC(=O)C(C)(C)C.CC(O)CC(C)(C)O.[CH3-].[Cl-].[Mg+2]. The van der Waals surface area contributed by atoms with Gasteiger partial charge in [0.15, 0.2) is 0 Å². The third-order valence-corrected chi connectivity index (χ3v) is 7.32. The molecule has 0 amide bonds. The van der Waals surface area contributed by atoms with Gasteiger partial charge in [-0.2, -0.15) is 0 Å². The summed E-state index contributed by atoms with van der Waals surface area (Å²) in [5, 5.41) is 35.0. The monoisotopic (exact) mass is 991 g/mol. The van der Waals surface area contributed by atoms with E-state index in [1.807, 2.05) is 20.8 Å². The summed E-state index contributed by atoms with van der Waals surface area (Å²) in [6, 6.07) is 0. The van der Waals surface area contributed by atoms with Gasteiger partial charge in [-0.1, -0.05) is 33.9 Å². The zero-order chi connectivity index (χ0) is 50.9. The van der Waals surface area contributed by atoms with Gasteiger partial charge in [0.2, 0.25) is 10.5 Å². The van der Waals surface area contributed by atoms with E-state index in [9.17, 15) is 33.9 Å². The molecule has 0 aliphatic carbocycles. The first-order valence-corrected chi connectivity index (χ1v) is 20.9. The minimum Gasteiger partial charge on any atom is -1.00 e. The second-order valence-corrected chi connectivity index (χ2v) is 21.0. The van der Waals surface area contributed by atoms with Crippen LogP contribution >= 0.6 is 23.2 Å². The first kappa shape index (κ1) is 82.5. The number of ether oxygens (including phenoxy) is 3. The van der Waals surface area contributed by atoms with Gasteiger partial charge < -0.3 is 54.5 Å². The summed E-state index contributed by atoms with van der Waals surface area (Å²) in [4.78, 5) is 64.8. The molecule has 0 heterocycles. The van der Waals surface area contributed by atoms with E-state index in [2.05, 4.69) is 13.2 Å². The molecule has 0 radical (unpaired) electrons. The molecule has 0 saturated carbocycles. The van der Waals surface area contributed by atoms with Crippen LogP contribution in [0, 0.1) is 23.7 Å². The van der Waals surface area contributed by atoms with Crippen molar-refractivity contribution < 1.29 is 75.8 Å². The van der Waals surface area contributed by atoms with Crippen LogP contribution in [0.25, 0.3) is 0 Å². The summed E-state index contributed by atoms with van der Waals surface area (Å²) in [5.41, 5.74) is -2.87. The fourth-order valence-electron chi connectivity index (χ4n) is 3.72. The largest absolute Gasteiger partial charge is 2.00 e. The molecule has 17 heteroatoms. The summed E-state index contributed by atoms with van der Waals surface area (Å²) >= 11 is 9.99. The zero-order valence-electron chi connectivity index (χ0n) is 43.9. The van der Waals surface area contributed by atoms with E-state index in [1.54, 1.807) is 125 Å². The minimum absolute atomic E-state index is 0. The molecule has 4 atom stereocenters. The molecule has 0 saturated heterocycles. The van der Waals surface area contributed by atoms with Gasteiger partial charge in [-0.25, -0.2) is 4.79 Å². The standard InChI is InChI=1S/C15H26O4.C11H22O3.C6H14O2.C5H9ClO.C5H10O2.C4H5ClO.CH3.ClH.Mg/c1-10(2)12(16)19-15(7,8)9-11(3)18-13(17)14(4,5)6;1-8(7-11(5,6)13)14-9(12)10(2,3)4;1-5(7)4-6(2,3)8;1-5(2,3)4(6)7;1-4(6)3-5(2)7;1-3(2)4(5)6;;;/h11H,1,9H2,2-8H3;8,13H,7H2,1-6H3;5,7-8H,4H2,1-3H3;1-3H3;4,6H,3H2,1-2H3;1H2,2H3;1H3;1H;/q;;;;;;-1;;+2/p-1. The van der Waals surface area contributed by atoms with Crippen LogP contribution < -0.4 is 12.4 Å². The predicted octanol–water partition coefficient (Wildman–Crippen LogP) is 6.45. The van der Waals surface area contributed by atoms with Gasteiger partial charge in [-0.05, 0) is 155 Å². The second-order valence-electron chi connectivity index (χ2n) is 20.3. The van der Waals surface area contributed by atoms with Gasteiger partial charge in [0.05, 0.1) is 34.2 Å². The van der Waals surface area contributed by atoms with Gasteiger partial charge in [-0.15, -0.1) is 0 Å². The van der Waals surface area contributed by atoms with E-state index in [4.69, 9.17) is 52.7 Å². The summed E-state index contributed by atoms with van der Waals surface area (Å²) in [6.45, 7) is 44.8. The number of allylic oxidation sites excluding steroid dienone is 1. The van der Waals surface area contributed by atoms with E-state index < -0.39 is 51.1 Å². The van der Waals surface area contributed by atoms with Crippen LogP contribution in [0.15, 0.2) is 24.3 Å². The Balaban J connectivity index is -0.0000000850. The second kappa shape index (κ2) is 37.4. The van der Waals surface area contributed by atoms with E-state index in [0.29, 0.717) is 30.4 Å². The van der Waals surface area contributed by atoms with Gasteiger partial charge in [0.25, 0.3) is 0 Å². The van der Waals surface area contributed by atoms with Crippen LogP contribution in [-0.4, -0.2) is 119 Å². The molecule has 0 bridgehead atoms. The van der Waals surface area contributed by atoms with Crippen LogP contribution in [0.4, 0.5) is 0 Å². The topological polar surface area (TPSA) is 211 Å². The number of ketones is 1. The summed E-state index contributed by atoms with van der Waals surface area (Å²) < 4.78 is 15.8. The molecule has 0 aromatic heterocycles. The molecule has 0 spiro atoms. The first-order valence-electron chi connectivity index (χ1n) is 20.2. The number of aliphatic hydroxyl groups is 4. The Morgan fingerprint density at radius 1 is 0.562 bits per heavy atom. The molecule has 64 heavy (non-hydrogen) atoms. The summed E-state index contributed by atoms with van der Waals surface area (Å²) in [6.07, 6.45) is 0.157. The molecule has 0 aromatic carbocycles. The Hall–Kier alpha value is -1.62. The molecular weight excluding hydrogens is 903 g/mol. The minimum atomic E-state index is -0.794. The normalized spacial score (nSPS) is 12.8. The first-order chi connectivity index (χ1) is 26.5. The fraction of sp³-hybridized carbons (Fsp3) is 0.766. The van der Waals surface area contributed by atoms with Gasteiger partial charge in [0.1, 0.15) is 23.6 Å². The maximum absolute atomic E-state index is 11.7. The van der Waals surface area contributed by atoms with Crippen molar-refractivity contribution >= 4 is 80.4 Å². The number of hydrogen-bond donors (Lipinski definition) is 4. The third kappa shape index (κ3) is 67.0. The molecule has 13 nitrogen and oxygen atoms in total. The van der Waals surface area contributed by atoms with Crippen molar-refractivity contribution in [1.82, 2.24) is 0 Å². The summed E-state index contributed by atoms with van der Waals surface area (Å²) in [5.74, 6) is -0.884. The molecule has 0 rings (SSSR count). The molecule has 0 aromatic rings. The van der Waals surface area contributed by atoms with Crippen molar-refractivity contribution in [1.29, 1.82) is 0 Å². The van der Waals surface area contributed by atoms with Crippen molar-refractivity contribution in [2.75, 3.05) is 0 Å². The Kier molecular flexibility index (Phi) is 48.2. The van der Waals surface area contributed by atoms with E-state index in [0.717, 1.165) is 0 Å². The zero-order valence-corrected chi connectivity index (χ0v) is 47.5. The van der Waals surface area contributed by atoms with Crippen molar-refractivity contribution in [3.8, 4) is 0 Å². The molecule has 4 unspecified atom stereocenters. The molecule has 378 valence electrons. The average molecular weight is 993 g/mol. The van der Waals surface area contributed by atoms with Crippen LogP contribution in [0.3, 0.4) is 0 Å². The van der Waals surface area contributed by atoms with Crippen LogP contribution in [0.1, 0.15) is 178 Å². The van der Waals surface area contributed by atoms with Crippen LogP contribution in [0.5, 0.6) is 0 Å². The third-order valence-electron chi connectivity index (χ3n) is 6.43. The molecule has 0 aliphatic rings. The average Bonchev–Trinajstić information content (AvgIpc) is 2.93. The number of esters is 3. The van der Waals surface area contributed by atoms with E-state index >= 15 is 0 Å². The van der Waals surface area contributed by atoms with Crippen molar-refractivity contribution in [2.24, 2.45) is 16.2 Å². The summed E-state index contributed by atoms with van der Waals surface area (Å²) in [7, 11) is 0.